The first-order chi connectivity index (χ1) is 10.0. The second kappa shape index (κ2) is 6.44. The highest BCUT2D eigenvalue weighted by molar-refractivity contribution is 6.32. The monoisotopic (exact) mass is 322 g/mol. The highest BCUT2D eigenvalue weighted by Gasteiger charge is 2.12. The number of nitriles is 1. The van der Waals surface area contributed by atoms with E-state index in [-0.39, 0.29) is 22.9 Å². The zero-order valence-electron chi connectivity index (χ0n) is 10.5. The lowest BCUT2D eigenvalue weighted by molar-refractivity contribution is -0.384. The summed E-state index contributed by atoms with van der Waals surface area (Å²) in [6.45, 7) is 0.0752. The van der Waals surface area contributed by atoms with Gasteiger partial charge in [0.15, 0.2) is 0 Å². The first-order valence-electron chi connectivity index (χ1n) is 5.77. The predicted molar refractivity (Wildman–Crippen MR) is 78.6 cm³/mol. The van der Waals surface area contributed by atoms with Gasteiger partial charge in [-0.25, -0.2) is 0 Å². The minimum atomic E-state index is -0.527. The van der Waals surface area contributed by atoms with E-state index in [0.29, 0.717) is 16.3 Å². The molecule has 2 rings (SSSR count). The lowest BCUT2D eigenvalue weighted by Crippen LogP contribution is -1.99. The number of halogens is 2. The summed E-state index contributed by atoms with van der Waals surface area (Å²) in [5, 5.41) is 20.2. The number of rotatable bonds is 4. The number of hydrogen-bond donors (Lipinski definition) is 0. The lowest BCUT2D eigenvalue weighted by Gasteiger charge is -2.09. The second-order valence-corrected chi connectivity index (χ2v) is 4.86. The maximum absolute atomic E-state index is 10.6. The van der Waals surface area contributed by atoms with Gasteiger partial charge in [0.2, 0.25) is 0 Å². The topological polar surface area (TPSA) is 76.2 Å². The summed E-state index contributed by atoms with van der Waals surface area (Å²) in [5.74, 6) is 0.333. The van der Waals surface area contributed by atoms with Crippen LogP contribution in [0.15, 0.2) is 36.4 Å². The Labute approximate surface area is 130 Å². The van der Waals surface area contributed by atoms with Gasteiger partial charge in [0.1, 0.15) is 24.0 Å². The molecule has 0 radical (unpaired) electrons. The van der Waals surface area contributed by atoms with Gasteiger partial charge in [0, 0.05) is 17.7 Å². The van der Waals surface area contributed by atoms with Crippen LogP contribution < -0.4 is 4.74 Å². The number of non-ortho nitro benzene ring substituents is 1. The Morgan fingerprint density at radius 3 is 2.62 bits per heavy atom. The standard InChI is InChI=1S/C14H8Cl2N2O3/c15-12-2-1-3-14(11(12)7-17)21-8-9-4-5-10(18(19)20)6-13(9)16/h1-6H,8H2. The normalized spacial score (nSPS) is 9.95. The average molecular weight is 323 g/mol. The van der Waals surface area contributed by atoms with Crippen LogP contribution in [0.2, 0.25) is 10.0 Å². The average Bonchev–Trinajstić information content (AvgIpc) is 2.45. The number of nitro groups is 1. The molecule has 0 bridgehead atoms. The van der Waals surface area contributed by atoms with Crippen molar-refractivity contribution in [1.29, 1.82) is 5.26 Å². The molecule has 0 heterocycles. The third kappa shape index (κ3) is 3.43. The molecule has 0 saturated carbocycles. The van der Waals surface area contributed by atoms with E-state index in [0.717, 1.165) is 0 Å². The van der Waals surface area contributed by atoms with Crippen molar-refractivity contribution >= 4 is 28.9 Å². The SMILES string of the molecule is N#Cc1c(Cl)cccc1OCc1ccc([N+](=O)[O-])cc1Cl. The van der Waals surface area contributed by atoms with Gasteiger partial charge in [-0.3, -0.25) is 10.1 Å². The van der Waals surface area contributed by atoms with E-state index >= 15 is 0 Å². The van der Waals surface area contributed by atoms with E-state index in [4.69, 9.17) is 33.2 Å². The molecule has 0 N–H and O–H groups in total. The quantitative estimate of drug-likeness (QED) is 0.619. The molecule has 0 aromatic heterocycles. The van der Waals surface area contributed by atoms with Gasteiger partial charge in [0.25, 0.3) is 5.69 Å². The van der Waals surface area contributed by atoms with E-state index < -0.39 is 4.92 Å². The van der Waals surface area contributed by atoms with Crippen molar-refractivity contribution in [2.24, 2.45) is 0 Å². The molecular weight excluding hydrogens is 315 g/mol. The van der Waals surface area contributed by atoms with Crippen molar-refractivity contribution in [3.63, 3.8) is 0 Å². The van der Waals surface area contributed by atoms with Gasteiger partial charge in [0.05, 0.1) is 15.0 Å². The van der Waals surface area contributed by atoms with Gasteiger partial charge in [-0.2, -0.15) is 5.26 Å². The molecule has 7 heteroatoms. The first-order valence-corrected chi connectivity index (χ1v) is 6.52. The second-order valence-electron chi connectivity index (χ2n) is 4.05. The van der Waals surface area contributed by atoms with Crippen LogP contribution in [0.4, 0.5) is 5.69 Å². The fraction of sp³-hybridized carbons (Fsp3) is 0.0714. The molecule has 0 aliphatic heterocycles. The molecule has 0 saturated heterocycles. The number of ether oxygens (including phenoxy) is 1. The molecule has 0 aliphatic carbocycles. The minimum absolute atomic E-state index is 0.0752. The van der Waals surface area contributed by atoms with E-state index in [1.54, 1.807) is 18.2 Å². The van der Waals surface area contributed by atoms with Crippen LogP contribution in [-0.2, 0) is 6.61 Å². The molecule has 0 spiro atoms. The van der Waals surface area contributed by atoms with Crippen LogP contribution in [0, 0.1) is 21.4 Å². The Kier molecular flexibility index (Phi) is 4.63. The molecule has 0 fully saturated rings. The maximum atomic E-state index is 10.6. The van der Waals surface area contributed by atoms with Gasteiger partial charge in [-0.15, -0.1) is 0 Å². The van der Waals surface area contributed by atoms with Crippen LogP contribution in [0.3, 0.4) is 0 Å². The minimum Gasteiger partial charge on any atom is -0.487 e. The lowest BCUT2D eigenvalue weighted by atomic mass is 10.2. The summed E-state index contributed by atoms with van der Waals surface area (Å²) in [4.78, 5) is 10.1. The Morgan fingerprint density at radius 1 is 1.24 bits per heavy atom. The van der Waals surface area contributed by atoms with Crippen molar-refractivity contribution in [2.45, 2.75) is 6.61 Å². The maximum Gasteiger partial charge on any atom is 0.270 e. The van der Waals surface area contributed by atoms with Crippen LogP contribution in [0.1, 0.15) is 11.1 Å². The first kappa shape index (κ1) is 15.1. The van der Waals surface area contributed by atoms with Crippen LogP contribution >= 0.6 is 23.2 Å². The zero-order valence-corrected chi connectivity index (χ0v) is 12.1. The Morgan fingerprint density at radius 2 is 2.00 bits per heavy atom. The van der Waals surface area contributed by atoms with Crippen molar-refractivity contribution in [3.8, 4) is 11.8 Å². The van der Waals surface area contributed by atoms with Gasteiger partial charge < -0.3 is 4.74 Å². The Hall–Kier alpha value is -2.29. The molecule has 0 aliphatic rings. The molecule has 0 atom stereocenters. The molecule has 21 heavy (non-hydrogen) atoms. The number of benzene rings is 2. The van der Waals surface area contributed by atoms with E-state index in [9.17, 15) is 10.1 Å². The molecule has 106 valence electrons. The van der Waals surface area contributed by atoms with E-state index in [1.165, 1.54) is 18.2 Å². The van der Waals surface area contributed by atoms with Crippen molar-refractivity contribution in [1.82, 2.24) is 0 Å². The molecular formula is C14H8Cl2N2O3. The third-order valence-corrected chi connectivity index (χ3v) is 3.38. The number of nitro benzene ring substituents is 1. The van der Waals surface area contributed by atoms with Gasteiger partial charge in [-0.1, -0.05) is 29.3 Å². The van der Waals surface area contributed by atoms with E-state index in [2.05, 4.69) is 0 Å². The third-order valence-electron chi connectivity index (χ3n) is 2.72. The molecule has 2 aromatic carbocycles. The van der Waals surface area contributed by atoms with Gasteiger partial charge >= 0.3 is 0 Å². The summed E-state index contributed by atoms with van der Waals surface area (Å²) in [6, 6.07) is 10.9. The van der Waals surface area contributed by atoms with Crippen LogP contribution in [0.5, 0.6) is 5.75 Å². The van der Waals surface area contributed by atoms with Crippen molar-refractivity contribution in [2.75, 3.05) is 0 Å². The van der Waals surface area contributed by atoms with E-state index in [1.807, 2.05) is 6.07 Å². The highest BCUT2D eigenvalue weighted by Crippen LogP contribution is 2.28. The smallest absolute Gasteiger partial charge is 0.270 e. The number of nitrogens with zero attached hydrogens (tertiary/aromatic N) is 2. The van der Waals surface area contributed by atoms with Crippen molar-refractivity contribution in [3.05, 3.63) is 67.7 Å². The molecule has 0 amide bonds. The largest absolute Gasteiger partial charge is 0.487 e. The Bertz CT molecular complexity index is 741. The Balaban J connectivity index is 2.20. The van der Waals surface area contributed by atoms with Crippen LogP contribution in [0.25, 0.3) is 0 Å². The van der Waals surface area contributed by atoms with Gasteiger partial charge in [-0.05, 0) is 18.2 Å². The molecule has 0 unspecified atom stereocenters. The summed E-state index contributed by atoms with van der Waals surface area (Å²) in [5.41, 5.74) is 0.715. The fourth-order valence-electron chi connectivity index (χ4n) is 1.66. The summed E-state index contributed by atoms with van der Waals surface area (Å²) in [6.07, 6.45) is 0. The molecule has 5 nitrogen and oxygen atoms in total. The zero-order chi connectivity index (χ0) is 15.4. The fourth-order valence-corrected chi connectivity index (χ4v) is 2.09. The van der Waals surface area contributed by atoms with Crippen LogP contribution in [-0.4, -0.2) is 4.92 Å². The summed E-state index contributed by atoms with van der Waals surface area (Å²) >= 11 is 11.9. The predicted octanol–water partition coefficient (Wildman–Crippen LogP) is 4.35. The summed E-state index contributed by atoms with van der Waals surface area (Å²) < 4.78 is 5.51. The summed E-state index contributed by atoms with van der Waals surface area (Å²) in [7, 11) is 0. The van der Waals surface area contributed by atoms with Crippen molar-refractivity contribution < 1.29 is 9.66 Å². The number of hydrogen-bond acceptors (Lipinski definition) is 4. The molecule has 2 aromatic rings. The highest BCUT2D eigenvalue weighted by atomic mass is 35.5.